The van der Waals surface area contributed by atoms with Crippen LogP contribution in [-0.2, 0) is 6.18 Å². The van der Waals surface area contributed by atoms with Gasteiger partial charge in [-0.15, -0.1) is 0 Å². The Morgan fingerprint density at radius 2 is 2.04 bits per heavy atom. The minimum absolute atomic E-state index is 0.00518. The minimum atomic E-state index is -4.55. The van der Waals surface area contributed by atoms with Gasteiger partial charge in [0.25, 0.3) is 0 Å². The van der Waals surface area contributed by atoms with Gasteiger partial charge in [0, 0.05) is 19.7 Å². The molecule has 0 bridgehead atoms. The predicted molar refractivity (Wildman–Crippen MR) is 92.0 cm³/mol. The van der Waals surface area contributed by atoms with Crippen LogP contribution in [0.5, 0.6) is 11.6 Å². The van der Waals surface area contributed by atoms with E-state index in [9.17, 15) is 13.2 Å². The highest BCUT2D eigenvalue weighted by Gasteiger charge is 2.33. The van der Waals surface area contributed by atoms with Gasteiger partial charge >= 0.3 is 6.18 Å². The highest BCUT2D eigenvalue weighted by Crippen LogP contribution is 2.37. The molecule has 25 heavy (non-hydrogen) atoms. The summed E-state index contributed by atoms with van der Waals surface area (Å²) in [5.41, 5.74) is 0.489. The van der Waals surface area contributed by atoms with Gasteiger partial charge in [-0.1, -0.05) is 11.6 Å². The molecule has 0 amide bonds. The molecule has 1 aromatic carbocycles. The Balaban J connectivity index is 2.22. The summed E-state index contributed by atoms with van der Waals surface area (Å²) in [6.07, 6.45) is -1.37. The summed E-state index contributed by atoms with van der Waals surface area (Å²) in [6.45, 7) is 4.63. The fraction of sp³-hybridized carbons (Fsp3) is 0.294. The molecular formula is C17H17ClF3N3O. The number of ether oxygens (including phenoxy) is 1. The second-order valence-electron chi connectivity index (χ2n) is 5.37. The first-order valence-corrected chi connectivity index (χ1v) is 7.84. The third-order valence-electron chi connectivity index (χ3n) is 3.42. The topological polar surface area (TPSA) is 37.7 Å². The summed E-state index contributed by atoms with van der Waals surface area (Å²) in [6, 6.07) is 4.96. The zero-order valence-electron chi connectivity index (χ0n) is 13.9. The zero-order chi connectivity index (χ0) is 18.6. The smallest absolute Gasteiger partial charge is 0.417 e. The molecule has 0 saturated carbocycles. The van der Waals surface area contributed by atoms with Gasteiger partial charge in [-0.3, -0.25) is 0 Å². The Kier molecular flexibility index (Phi) is 5.89. The van der Waals surface area contributed by atoms with Gasteiger partial charge in [-0.2, -0.15) is 13.2 Å². The van der Waals surface area contributed by atoms with Crippen LogP contribution in [0.4, 0.5) is 18.9 Å². The maximum atomic E-state index is 12.9. The van der Waals surface area contributed by atoms with Gasteiger partial charge < -0.3 is 9.64 Å². The molecule has 0 N–H and O–H groups in total. The molecule has 0 spiro atoms. The number of aryl methyl sites for hydroxylation is 1. The monoisotopic (exact) mass is 371 g/mol. The molecule has 0 aliphatic carbocycles. The van der Waals surface area contributed by atoms with E-state index >= 15 is 0 Å². The molecule has 0 aliphatic heterocycles. The Labute approximate surface area is 148 Å². The lowest BCUT2D eigenvalue weighted by atomic mass is 10.2. The summed E-state index contributed by atoms with van der Waals surface area (Å²) >= 11 is 5.59. The average Bonchev–Trinajstić information content (AvgIpc) is 2.54. The van der Waals surface area contributed by atoms with E-state index in [2.05, 4.69) is 9.98 Å². The number of hydrogen-bond donors (Lipinski definition) is 0. The fourth-order valence-electron chi connectivity index (χ4n) is 1.86. The third-order valence-corrected chi connectivity index (χ3v) is 3.75. The highest BCUT2D eigenvalue weighted by atomic mass is 35.5. The summed E-state index contributed by atoms with van der Waals surface area (Å²) in [5.74, 6) is 0.182. The number of aromatic nitrogens is 1. The number of hydrogen-bond acceptors (Lipinski definition) is 3. The van der Waals surface area contributed by atoms with Crippen molar-refractivity contribution >= 4 is 23.6 Å². The number of rotatable bonds is 5. The van der Waals surface area contributed by atoms with Crippen molar-refractivity contribution in [1.82, 2.24) is 9.88 Å². The van der Waals surface area contributed by atoms with Gasteiger partial charge in [-0.05, 0) is 37.6 Å². The molecule has 0 radical (unpaired) electrons. The first-order valence-electron chi connectivity index (χ1n) is 7.46. The zero-order valence-corrected chi connectivity index (χ0v) is 14.7. The van der Waals surface area contributed by atoms with Crippen molar-refractivity contribution in [1.29, 1.82) is 0 Å². The first kappa shape index (κ1) is 19.1. The number of halogens is 4. The molecule has 1 aromatic heterocycles. The lowest BCUT2D eigenvalue weighted by Crippen LogP contribution is -2.14. The lowest BCUT2D eigenvalue weighted by molar-refractivity contribution is -0.137. The molecule has 2 rings (SSSR count). The van der Waals surface area contributed by atoms with E-state index in [0.717, 1.165) is 24.2 Å². The molecule has 8 heteroatoms. The van der Waals surface area contributed by atoms with E-state index in [4.69, 9.17) is 16.3 Å². The van der Waals surface area contributed by atoms with Crippen molar-refractivity contribution in [2.24, 2.45) is 4.99 Å². The molecule has 0 saturated heterocycles. The van der Waals surface area contributed by atoms with Crippen molar-refractivity contribution in [3.63, 3.8) is 0 Å². The Hall–Kier alpha value is -2.28. The molecule has 1 heterocycles. The van der Waals surface area contributed by atoms with Crippen LogP contribution in [0, 0.1) is 6.92 Å². The molecule has 0 aliphatic rings. The van der Waals surface area contributed by atoms with Gasteiger partial charge in [-0.25, -0.2) is 9.98 Å². The Morgan fingerprint density at radius 1 is 1.32 bits per heavy atom. The van der Waals surface area contributed by atoms with Crippen LogP contribution in [0.1, 0.15) is 18.1 Å². The molecule has 0 unspecified atom stereocenters. The highest BCUT2D eigenvalue weighted by molar-refractivity contribution is 6.31. The van der Waals surface area contributed by atoms with E-state index in [1.54, 1.807) is 12.4 Å². The quantitative estimate of drug-likeness (QED) is 0.517. The first-order chi connectivity index (χ1) is 11.7. The molecule has 2 aromatic rings. The van der Waals surface area contributed by atoms with E-state index in [-0.39, 0.29) is 16.7 Å². The number of benzene rings is 1. The molecule has 0 atom stereocenters. The number of nitrogens with zero attached hydrogens (tertiary/aromatic N) is 3. The fourth-order valence-corrected chi connectivity index (χ4v) is 2.09. The van der Waals surface area contributed by atoms with Crippen LogP contribution in [0.2, 0.25) is 5.02 Å². The van der Waals surface area contributed by atoms with Crippen LogP contribution >= 0.6 is 11.6 Å². The number of aliphatic imine (C=N–C) groups is 1. The van der Waals surface area contributed by atoms with E-state index in [1.807, 2.05) is 25.8 Å². The standard InChI is InChI=1S/C17H17ClF3N3O/c1-4-24(3)10-23-15-9-22-16(7-11(15)2)25-12-5-6-14(18)13(8-12)17(19,20)21/h5-10H,4H2,1-3H3/b23-10-. The van der Waals surface area contributed by atoms with Gasteiger partial charge in [0.05, 0.1) is 28.8 Å². The SMILES string of the molecule is CCN(C)/C=N\c1cnc(Oc2ccc(Cl)c(C(F)(F)F)c2)cc1C. The maximum Gasteiger partial charge on any atom is 0.417 e. The van der Waals surface area contributed by atoms with Crippen LogP contribution in [-0.4, -0.2) is 29.8 Å². The van der Waals surface area contributed by atoms with Crippen molar-refractivity contribution in [2.75, 3.05) is 13.6 Å². The van der Waals surface area contributed by atoms with E-state index < -0.39 is 11.7 Å². The van der Waals surface area contributed by atoms with Crippen molar-refractivity contribution in [3.8, 4) is 11.6 Å². The van der Waals surface area contributed by atoms with Crippen molar-refractivity contribution in [3.05, 3.63) is 46.6 Å². The van der Waals surface area contributed by atoms with Crippen molar-refractivity contribution < 1.29 is 17.9 Å². The molecule has 0 fully saturated rings. The molecular weight excluding hydrogens is 355 g/mol. The minimum Gasteiger partial charge on any atom is -0.439 e. The van der Waals surface area contributed by atoms with Gasteiger partial charge in [0.15, 0.2) is 0 Å². The lowest BCUT2D eigenvalue weighted by Gasteiger charge is -2.12. The van der Waals surface area contributed by atoms with Crippen LogP contribution in [0.25, 0.3) is 0 Å². The average molecular weight is 372 g/mol. The van der Waals surface area contributed by atoms with Crippen LogP contribution in [0.3, 0.4) is 0 Å². The van der Waals surface area contributed by atoms with E-state index in [0.29, 0.717) is 5.69 Å². The second-order valence-corrected chi connectivity index (χ2v) is 5.78. The summed E-state index contributed by atoms with van der Waals surface area (Å²) in [5, 5.41) is -0.381. The van der Waals surface area contributed by atoms with Crippen LogP contribution < -0.4 is 4.74 Å². The Bertz CT molecular complexity index is 778. The Morgan fingerprint density at radius 3 is 2.64 bits per heavy atom. The van der Waals surface area contributed by atoms with E-state index in [1.165, 1.54) is 12.3 Å². The van der Waals surface area contributed by atoms with Gasteiger partial charge in [0.1, 0.15) is 5.75 Å². The number of pyridine rings is 1. The summed E-state index contributed by atoms with van der Waals surface area (Å²) in [4.78, 5) is 10.3. The normalized spacial score (nSPS) is 11.8. The van der Waals surface area contributed by atoms with Gasteiger partial charge in [0.2, 0.25) is 5.88 Å². The second kappa shape index (κ2) is 7.74. The number of alkyl halides is 3. The third kappa shape index (κ3) is 5.09. The molecule has 4 nitrogen and oxygen atoms in total. The van der Waals surface area contributed by atoms with Crippen molar-refractivity contribution in [2.45, 2.75) is 20.0 Å². The largest absolute Gasteiger partial charge is 0.439 e. The van der Waals surface area contributed by atoms with Crippen LogP contribution in [0.15, 0.2) is 35.5 Å². The summed E-state index contributed by atoms with van der Waals surface area (Å²) < 4.78 is 44.1. The predicted octanol–water partition coefficient (Wildman–Crippen LogP) is 5.47. The molecule has 134 valence electrons. The maximum absolute atomic E-state index is 12.9. The summed E-state index contributed by atoms with van der Waals surface area (Å²) in [7, 11) is 1.89.